The molecule has 0 spiro atoms. The highest BCUT2D eigenvalue weighted by molar-refractivity contribution is 5.74. The molecule has 5 nitrogen and oxygen atoms in total. The zero-order chi connectivity index (χ0) is 9.52. The van der Waals surface area contributed by atoms with Crippen molar-refractivity contribution in [1.82, 2.24) is 15.5 Å². The van der Waals surface area contributed by atoms with Crippen LogP contribution in [0.4, 0.5) is 4.79 Å². The molecule has 1 rings (SSSR count). The number of nitrogens with zero attached hydrogens (tertiary/aromatic N) is 1. The molecule has 0 aromatic rings. The maximum atomic E-state index is 11.4. The predicted octanol–water partition coefficient (Wildman–Crippen LogP) is -1.05. The van der Waals surface area contributed by atoms with E-state index >= 15 is 0 Å². The monoisotopic (exact) mass is 186 g/mol. The highest BCUT2D eigenvalue weighted by Gasteiger charge is 2.14. The number of carbonyl (C=O) groups excluding carboxylic acids is 1. The second-order valence-electron chi connectivity index (χ2n) is 3.11. The van der Waals surface area contributed by atoms with Crippen molar-refractivity contribution in [2.45, 2.75) is 6.42 Å². The molecule has 0 atom stereocenters. The average Bonchev–Trinajstić information content (AvgIpc) is 2.19. The van der Waals surface area contributed by atoms with Gasteiger partial charge in [-0.1, -0.05) is 0 Å². The molecular weight excluding hydrogens is 168 g/mol. The first-order chi connectivity index (χ1) is 6.34. The Labute approximate surface area is 78.6 Å². The fraction of sp³-hybridized carbons (Fsp3) is 0.875. The maximum Gasteiger partial charge on any atom is 0.317 e. The summed E-state index contributed by atoms with van der Waals surface area (Å²) < 4.78 is 0. The molecule has 1 heterocycles. The van der Waals surface area contributed by atoms with Gasteiger partial charge < -0.3 is 21.3 Å². The van der Waals surface area contributed by atoms with Crippen molar-refractivity contribution < 1.29 is 4.79 Å². The lowest BCUT2D eigenvalue weighted by Gasteiger charge is -2.27. The van der Waals surface area contributed by atoms with E-state index in [0.29, 0.717) is 13.1 Å². The van der Waals surface area contributed by atoms with E-state index in [9.17, 15) is 4.79 Å². The van der Waals surface area contributed by atoms with E-state index in [0.717, 1.165) is 32.6 Å². The van der Waals surface area contributed by atoms with Crippen LogP contribution in [0.2, 0.25) is 0 Å². The molecule has 0 radical (unpaired) electrons. The van der Waals surface area contributed by atoms with E-state index < -0.39 is 0 Å². The fourth-order valence-electron chi connectivity index (χ4n) is 1.28. The van der Waals surface area contributed by atoms with Crippen LogP contribution in [0.25, 0.3) is 0 Å². The Bertz CT molecular complexity index is 156. The minimum absolute atomic E-state index is 0.0370. The van der Waals surface area contributed by atoms with Gasteiger partial charge in [0.15, 0.2) is 0 Å². The van der Waals surface area contributed by atoms with E-state index in [-0.39, 0.29) is 6.03 Å². The van der Waals surface area contributed by atoms with Crippen LogP contribution in [-0.2, 0) is 0 Å². The van der Waals surface area contributed by atoms with Gasteiger partial charge in [-0.05, 0) is 13.0 Å². The molecule has 76 valence electrons. The summed E-state index contributed by atoms with van der Waals surface area (Å²) in [5.41, 5.74) is 5.32. The Morgan fingerprint density at radius 1 is 1.46 bits per heavy atom. The van der Waals surface area contributed by atoms with Gasteiger partial charge >= 0.3 is 6.03 Å². The summed E-state index contributed by atoms with van der Waals surface area (Å²) in [6.45, 7) is 4.69. The van der Waals surface area contributed by atoms with Gasteiger partial charge in [0, 0.05) is 32.7 Å². The summed E-state index contributed by atoms with van der Waals surface area (Å²) in [4.78, 5) is 13.2. The van der Waals surface area contributed by atoms with E-state index in [4.69, 9.17) is 5.73 Å². The number of hydrogen-bond acceptors (Lipinski definition) is 3. The zero-order valence-corrected chi connectivity index (χ0v) is 7.88. The molecule has 1 fully saturated rings. The van der Waals surface area contributed by atoms with Gasteiger partial charge in [-0.15, -0.1) is 0 Å². The SMILES string of the molecule is NCCCNC(=O)N1CCNCC1. The number of rotatable bonds is 3. The fourth-order valence-corrected chi connectivity index (χ4v) is 1.28. The molecule has 0 saturated carbocycles. The Morgan fingerprint density at radius 3 is 2.77 bits per heavy atom. The normalized spacial score (nSPS) is 17.2. The van der Waals surface area contributed by atoms with Gasteiger partial charge in [0.2, 0.25) is 0 Å². The largest absolute Gasteiger partial charge is 0.338 e. The summed E-state index contributed by atoms with van der Waals surface area (Å²) >= 11 is 0. The Hall–Kier alpha value is -0.810. The second kappa shape index (κ2) is 5.77. The molecule has 4 N–H and O–H groups in total. The lowest BCUT2D eigenvalue weighted by atomic mass is 10.4. The van der Waals surface area contributed by atoms with Gasteiger partial charge in [0.25, 0.3) is 0 Å². The summed E-state index contributed by atoms with van der Waals surface area (Å²) in [5, 5.41) is 6.03. The van der Waals surface area contributed by atoms with E-state index in [1.807, 2.05) is 4.90 Å². The molecule has 1 aliphatic rings. The van der Waals surface area contributed by atoms with E-state index in [1.54, 1.807) is 0 Å². The topological polar surface area (TPSA) is 70.4 Å². The summed E-state index contributed by atoms with van der Waals surface area (Å²) in [7, 11) is 0. The number of amides is 2. The van der Waals surface area contributed by atoms with Gasteiger partial charge in [0.05, 0.1) is 0 Å². The molecule has 13 heavy (non-hydrogen) atoms. The standard InChI is InChI=1S/C8H18N4O/c9-2-1-3-11-8(13)12-6-4-10-5-7-12/h10H,1-7,9H2,(H,11,13). The van der Waals surface area contributed by atoms with Crippen LogP contribution < -0.4 is 16.4 Å². The lowest BCUT2D eigenvalue weighted by molar-refractivity contribution is 0.190. The lowest BCUT2D eigenvalue weighted by Crippen LogP contribution is -2.50. The number of carbonyl (C=O) groups is 1. The van der Waals surface area contributed by atoms with Crippen molar-refractivity contribution >= 4 is 6.03 Å². The molecule has 0 aromatic heterocycles. The first-order valence-corrected chi connectivity index (χ1v) is 4.78. The Balaban J connectivity index is 2.13. The van der Waals surface area contributed by atoms with Crippen LogP contribution in [0, 0.1) is 0 Å². The third-order valence-corrected chi connectivity index (χ3v) is 2.06. The molecule has 0 bridgehead atoms. The van der Waals surface area contributed by atoms with Gasteiger partial charge in [-0.3, -0.25) is 0 Å². The van der Waals surface area contributed by atoms with Crippen LogP contribution in [0.1, 0.15) is 6.42 Å². The summed E-state index contributed by atoms with van der Waals surface area (Å²) in [5.74, 6) is 0. The Kier molecular flexibility index (Phi) is 4.56. The molecule has 1 saturated heterocycles. The number of nitrogens with one attached hydrogen (secondary N) is 2. The molecular formula is C8H18N4O. The smallest absolute Gasteiger partial charge is 0.317 e. The van der Waals surface area contributed by atoms with Crippen molar-refractivity contribution in [3.63, 3.8) is 0 Å². The second-order valence-corrected chi connectivity index (χ2v) is 3.11. The van der Waals surface area contributed by atoms with Crippen molar-refractivity contribution in [2.75, 3.05) is 39.3 Å². The molecule has 0 aromatic carbocycles. The zero-order valence-electron chi connectivity index (χ0n) is 7.88. The van der Waals surface area contributed by atoms with Gasteiger partial charge in [0.1, 0.15) is 0 Å². The van der Waals surface area contributed by atoms with Crippen molar-refractivity contribution in [1.29, 1.82) is 0 Å². The van der Waals surface area contributed by atoms with Crippen LogP contribution in [0.3, 0.4) is 0 Å². The van der Waals surface area contributed by atoms with Gasteiger partial charge in [-0.25, -0.2) is 4.79 Å². The quantitative estimate of drug-likeness (QED) is 0.493. The maximum absolute atomic E-state index is 11.4. The molecule has 0 unspecified atom stereocenters. The average molecular weight is 186 g/mol. The number of piperazine rings is 1. The molecule has 1 aliphatic heterocycles. The minimum Gasteiger partial charge on any atom is -0.338 e. The summed E-state index contributed by atoms with van der Waals surface area (Å²) in [6, 6.07) is 0.0370. The first kappa shape index (κ1) is 10.3. The molecule has 2 amide bonds. The number of hydrogen-bond donors (Lipinski definition) is 3. The van der Waals surface area contributed by atoms with Crippen LogP contribution in [0.15, 0.2) is 0 Å². The third kappa shape index (κ3) is 3.61. The minimum atomic E-state index is 0.0370. The van der Waals surface area contributed by atoms with Crippen LogP contribution in [-0.4, -0.2) is 50.2 Å². The Morgan fingerprint density at radius 2 is 2.15 bits per heavy atom. The van der Waals surface area contributed by atoms with E-state index in [1.165, 1.54) is 0 Å². The molecule has 0 aliphatic carbocycles. The third-order valence-electron chi connectivity index (χ3n) is 2.06. The number of nitrogens with two attached hydrogens (primary N) is 1. The highest BCUT2D eigenvalue weighted by Crippen LogP contribution is 1.92. The van der Waals surface area contributed by atoms with Crippen molar-refractivity contribution in [2.24, 2.45) is 5.73 Å². The molecule has 5 heteroatoms. The van der Waals surface area contributed by atoms with Crippen molar-refractivity contribution in [3.05, 3.63) is 0 Å². The van der Waals surface area contributed by atoms with Gasteiger partial charge in [-0.2, -0.15) is 0 Å². The van der Waals surface area contributed by atoms with Crippen LogP contribution >= 0.6 is 0 Å². The highest BCUT2D eigenvalue weighted by atomic mass is 16.2. The van der Waals surface area contributed by atoms with E-state index in [2.05, 4.69) is 10.6 Å². The predicted molar refractivity (Wildman–Crippen MR) is 51.5 cm³/mol. The van der Waals surface area contributed by atoms with Crippen molar-refractivity contribution in [3.8, 4) is 0 Å². The first-order valence-electron chi connectivity index (χ1n) is 4.78. The van der Waals surface area contributed by atoms with Crippen LogP contribution in [0.5, 0.6) is 0 Å². The number of urea groups is 1. The summed E-state index contributed by atoms with van der Waals surface area (Å²) in [6.07, 6.45) is 0.845.